The van der Waals surface area contributed by atoms with Gasteiger partial charge in [0.25, 0.3) is 0 Å². The molecule has 0 aliphatic heterocycles. The lowest BCUT2D eigenvalue weighted by Crippen LogP contribution is -2.11. The van der Waals surface area contributed by atoms with E-state index in [1.807, 2.05) is 24.4 Å². The van der Waals surface area contributed by atoms with Gasteiger partial charge in [0.1, 0.15) is 11.6 Å². The quantitative estimate of drug-likeness (QED) is 0.723. The Morgan fingerprint density at radius 2 is 2.00 bits per heavy atom. The SMILES string of the molecule is CCCNc1nc(Cc2ccccn2)nc(CCC)c1I. The summed E-state index contributed by atoms with van der Waals surface area (Å²) in [6, 6.07) is 5.94. The van der Waals surface area contributed by atoms with Gasteiger partial charge in [-0.1, -0.05) is 26.3 Å². The average molecular weight is 396 g/mol. The van der Waals surface area contributed by atoms with E-state index in [0.717, 1.165) is 52.4 Å². The fraction of sp³-hybridized carbons (Fsp3) is 0.438. The van der Waals surface area contributed by atoms with E-state index in [1.54, 1.807) is 0 Å². The normalized spacial score (nSPS) is 10.6. The van der Waals surface area contributed by atoms with Gasteiger partial charge in [-0.2, -0.15) is 0 Å². The van der Waals surface area contributed by atoms with E-state index in [9.17, 15) is 0 Å². The summed E-state index contributed by atoms with van der Waals surface area (Å²) in [5.41, 5.74) is 2.14. The molecule has 2 aromatic heterocycles. The van der Waals surface area contributed by atoms with Crippen molar-refractivity contribution >= 4 is 28.4 Å². The topological polar surface area (TPSA) is 50.7 Å². The van der Waals surface area contributed by atoms with Gasteiger partial charge < -0.3 is 5.32 Å². The predicted octanol–water partition coefficient (Wildman–Crippen LogP) is 3.84. The standard InChI is InChI=1S/C16H21IN4/c1-3-7-13-15(17)16(19-9-4-2)21-14(20-13)11-12-8-5-6-10-18-12/h5-6,8,10H,3-4,7,9,11H2,1-2H3,(H,19,20,21). The van der Waals surface area contributed by atoms with Crippen molar-refractivity contribution < 1.29 is 0 Å². The second-order valence-electron chi connectivity index (χ2n) is 4.92. The maximum atomic E-state index is 4.73. The van der Waals surface area contributed by atoms with Crippen LogP contribution in [-0.2, 0) is 12.8 Å². The molecule has 0 aliphatic rings. The summed E-state index contributed by atoms with van der Waals surface area (Å²) in [6.45, 7) is 5.26. The highest BCUT2D eigenvalue weighted by Crippen LogP contribution is 2.21. The van der Waals surface area contributed by atoms with Crippen LogP contribution in [0.15, 0.2) is 24.4 Å². The van der Waals surface area contributed by atoms with Crippen LogP contribution in [0.4, 0.5) is 5.82 Å². The zero-order valence-electron chi connectivity index (χ0n) is 12.6. The van der Waals surface area contributed by atoms with Crippen molar-refractivity contribution in [1.82, 2.24) is 15.0 Å². The van der Waals surface area contributed by atoms with Gasteiger partial charge in [0, 0.05) is 18.4 Å². The van der Waals surface area contributed by atoms with Crippen molar-refractivity contribution in [3.63, 3.8) is 0 Å². The first-order valence-electron chi connectivity index (χ1n) is 7.43. The van der Waals surface area contributed by atoms with Crippen molar-refractivity contribution in [2.24, 2.45) is 0 Å². The zero-order valence-corrected chi connectivity index (χ0v) is 14.7. The summed E-state index contributed by atoms with van der Waals surface area (Å²) in [5, 5.41) is 3.41. The molecular weight excluding hydrogens is 375 g/mol. The van der Waals surface area contributed by atoms with Gasteiger partial charge in [0.05, 0.1) is 15.7 Å². The second kappa shape index (κ2) is 8.26. The first-order chi connectivity index (χ1) is 10.2. The summed E-state index contributed by atoms with van der Waals surface area (Å²) >= 11 is 2.35. The van der Waals surface area contributed by atoms with Crippen LogP contribution in [0.1, 0.15) is 43.9 Å². The van der Waals surface area contributed by atoms with Crippen molar-refractivity contribution in [3.05, 3.63) is 45.2 Å². The number of pyridine rings is 1. The van der Waals surface area contributed by atoms with E-state index in [4.69, 9.17) is 4.98 Å². The Labute approximate surface area is 140 Å². The molecule has 2 heterocycles. The second-order valence-corrected chi connectivity index (χ2v) is 6.00. The fourth-order valence-corrected chi connectivity index (χ4v) is 2.75. The monoisotopic (exact) mass is 396 g/mol. The molecule has 0 saturated heterocycles. The third kappa shape index (κ3) is 4.62. The number of anilines is 1. The zero-order chi connectivity index (χ0) is 15.1. The van der Waals surface area contributed by atoms with Crippen molar-refractivity contribution in [1.29, 1.82) is 0 Å². The highest BCUT2D eigenvalue weighted by molar-refractivity contribution is 14.1. The molecule has 0 saturated carbocycles. The van der Waals surface area contributed by atoms with Gasteiger partial charge in [-0.15, -0.1) is 0 Å². The number of hydrogen-bond donors (Lipinski definition) is 1. The molecule has 0 unspecified atom stereocenters. The molecule has 0 bridgehead atoms. The lowest BCUT2D eigenvalue weighted by Gasteiger charge is -2.12. The van der Waals surface area contributed by atoms with Crippen molar-refractivity contribution in [2.45, 2.75) is 39.5 Å². The number of nitrogens with one attached hydrogen (secondary N) is 1. The summed E-state index contributed by atoms with van der Waals surface area (Å²) < 4.78 is 1.15. The molecule has 112 valence electrons. The van der Waals surface area contributed by atoms with Gasteiger partial charge in [0.15, 0.2) is 0 Å². The Bertz CT molecular complexity index is 572. The summed E-state index contributed by atoms with van der Waals surface area (Å²) in [7, 11) is 0. The Kier molecular flexibility index (Phi) is 6.35. The van der Waals surface area contributed by atoms with E-state index < -0.39 is 0 Å². The van der Waals surface area contributed by atoms with Crippen molar-refractivity contribution in [3.8, 4) is 0 Å². The maximum absolute atomic E-state index is 4.73. The molecule has 0 aromatic carbocycles. The number of halogens is 1. The largest absolute Gasteiger partial charge is 0.369 e. The minimum absolute atomic E-state index is 0.676. The third-order valence-corrected chi connectivity index (χ3v) is 4.19. The minimum Gasteiger partial charge on any atom is -0.369 e. The number of aromatic nitrogens is 3. The highest BCUT2D eigenvalue weighted by atomic mass is 127. The van der Waals surface area contributed by atoms with E-state index in [-0.39, 0.29) is 0 Å². The first kappa shape index (κ1) is 16.1. The van der Waals surface area contributed by atoms with Gasteiger partial charge in [-0.05, 0) is 47.6 Å². The van der Waals surface area contributed by atoms with E-state index in [0.29, 0.717) is 6.42 Å². The van der Waals surface area contributed by atoms with Crippen LogP contribution in [0.2, 0.25) is 0 Å². The smallest absolute Gasteiger partial charge is 0.143 e. The molecular formula is C16H21IN4. The Morgan fingerprint density at radius 1 is 1.14 bits per heavy atom. The summed E-state index contributed by atoms with van der Waals surface area (Å²) in [6.07, 6.45) is 5.64. The molecule has 4 nitrogen and oxygen atoms in total. The van der Waals surface area contributed by atoms with Crippen LogP contribution < -0.4 is 5.32 Å². The van der Waals surface area contributed by atoms with Crippen LogP contribution >= 0.6 is 22.6 Å². The molecule has 0 atom stereocenters. The predicted molar refractivity (Wildman–Crippen MR) is 94.6 cm³/mol. The molecule has 5 heteroatoms. The van der Waals surface area contributed by atoms with E-state index in [1.165, 1.54) is 0 Å². The molecule has 1 N–H and O–H groups in total. The van der Waals surface area contributed by atoms with Gasteiger partial charge in [-0.25, -0.2) is 9.97 Å². The molecule has 21 heavy (non-hydrogen) atoms. The van der Waals surface area contributed by atoms with Crippen LogP contribution in [0, 0.1) is 3.57 Å². The maximum Gasteiger partial charge on any atom is 0.143 e. The first-order valence-corrected chi connectivity index (χ1v) is 8.51. The molecule has 0 radical (unpaired) electrons. The molecule has 0 spiro atoms. The van der Waals surface area contributed by atoms with E-state index in [2.05, 4.69) is 51.7 Å². The van der Waals surface area contributed by atoms with Crippen molar-refractivity contribution in [2.75, 3.05) is 11.9 Å². The Morgan fingerprint density at radius 3 is 2.67 bits per heavy atom. The lowest BCUT2D eigenvalue weighted by molar-refractivity contribution is 0.824. The van der Waals surface area contributed by atoms with Crippen LogP contribution in [0.5, 0.6) is 0 Å². The van der Waals surface area contributed by atoms with Crippen LogP contribution in [-0.4, -0.2) is 21.5 Å². The minimum atomic E-state index is 0.676. The number of aryl methyl sites for hydroxylation is 1. The average Bonchev–Trinajstić information content (AvgIpc) is 2.50. The molecule has 2 aromatic rings. The molecule has 0 fully saturated rings. The Balaban J connectivity index is 2.29. The van der Waals surface area contributed by atoms with Crippen LogP contribution in [0.25, 0.3) is 0 Å². The van der Waals surface area contributed by atoms with Crippen LogP contribution in [0.3, 0.4) is 0 Å². The molecule has 0 amide bonds. The molecule has 0 aliphatic carbocycles. The number of rotatable bonds is 7. The third-order valence-electron chi connectivity index (χ3n) is 3.06. The van der Waals surface area contributed by atoms with E-state index >= 15 is 0 Å². The lowest BCUT2D eigenvalue weighted by atomic mass is 10.2. The number of nitrogens with zero attached hydrogens (tertiary/aromatic N) is 3. The molecule has 2 rings (SSSR count). The Hall–Kier alpha value is -1.24. The van der Waals surface area contributed by atoms with Gasteiger partial charge in [0.2, 0.25) is 0 Å². The number of hydrogen-bond acceptors (Lipinski definition) is 4. The summed E-state index contributed by atoms with van der Waals surface area (Å²) in [4.78, 5) is 13.8. The van der Waals surface area contributed by atoms with Gasteiger partial charge >= 0.3 is 0 Å². The fourth-order valence-electron chi connectivity index (χ4n) is 2.05. The van der Waals surface area contributed by atoms with Gasteiger partial charge in [-0.3, -0.25) is 4.98 Å². The highest BCUT2D eigenvalue weighted by Gasteiger charge is 2.12. The summed E-state index contributed by atoms with van der Waals surface area (Å²) in [5.74, 6) is 1.80.